The fourth-order valence-electron chi connectivity index (χ4n) is 4.46. The second-order valence-electron chi connectivity index (χ2n) is 7.36. The van der Waals surface area contributed by atoms with Crippen LogP contribution in [0.3, 0.4) is 0 Å². The highest BCUT2D eigenvalue weighted by Crippen LogP contribution is 2.35. The highest BCUT2D eigenvalue weighted by Gasteiger charge is 2.32. The molecule has 0 bridgehead atoms. The van der Waals surface area contributed by atoms with E-state index in [1.54, 1.807) is 0 Å². The molecule has 1 saturated heterocycles. The Balaban J connectivity index is 1.54. The fraction of sp³-hybridized carbons (Fsp3) is 0.650. The number of amides is 1. The smallest absolute Gasteiger partial charge is 0.225 e. The summed E-state index contributed by atoms with van der Waals surface area (Å²) in [6.45, 7) is 6.20. The van der Waals surface area contributed by atoms with E-state index in [4.69, 9.17) is 0 Å². The van der Waals surface area contributed by atoms with Crippen LogP contribution in [0.2, 0.25) is 0 Å². The molecule has 3 nitrogen and oxygen atoms in total. The maximum atomic E-state index is 12.4. The molecule has 1 aromatic carbocycles. The van der Waals surface area contributed by atoms with E-state index in [0.717, 1.165) is 35.3 Å². The van der Waals surface area contributed by atoms with Crippen LogP contribution in [0.25, 0.3) is 0 Å². The highest BCUT2D eigenvalue weighted by molar-refractivity contribution is 5.92. The molecule has 1 aromatic rings. The fourth-order valence-corrected chi connectivity index (χ4v) is 4.46. The molecule has 1 amide bonds. The van der Waals surface area contributed by atoms with Crippen LogP contribution in [0.5, 0.6) is 0 Å². The van der Waals surface area contributed by atoms with E-state index >= 15 is 0 Å². The van der Waals surface area contributed by atoms with Crippen LogP contribution in [0, 0.1) is 19.8 Å². The molecule has 1 N–H and O–H groups in total. The number of piperidine rings is 1. The lowest BCUT2D eigenvalue weighted by molar-refractivity contribution is -0.116. The van der Waals surface area contributed by atoms with Crippen molar-refractivity contribution in [2.75, 3.05) is 18.4 Å². The number of hydrogen-bond acceptors (Lipinski definition) is 2. The Hall–Kier alpha value is -1.35. The predicted molar refractivity (Wildman–Crippen MR) is 95.7 cm³/mol. The summed E-state index contributed by atoms with van der Waals surface area (Å²) in [7, 11) is 0. The van der Waals surface area contributed by atoms with Crippen molar-refractivity contribution in [1.29, 1.82) is 0 Å². The third-order valence-electron chi connectivity index (χ3n) is 5.73. The monoisotopic (exact) mass is 314 g/mol. The molecular weight excluding hydrogens is 284 g/mol. The van der Waals surface area contributed by atoms with Crippen molar-refractivity contribution < 1.29 is 4.79 Å². The van der Waals surface area contributed by atoms with E-state index in [1.165, 1.54) is 45.1 Å². The van der Waals surface area contributed by atoms with Gasteiger partial charge in [-0.2, -0.15) is 0 Å². The molecule has 0 aromatic heterocycles. The Morgan fingerprint density at radius 3 is 2.61 bits per heavy atom. The number of aryl methyl sites for hydroxylation is 2. The van der Waals surface area contributed by atoms with E-state index in [-0.39, 0.29) is 5.91 Å². The van der Waals surface area contributed by atoms with Crippen molar-refractivity contribution in [3.63, 3.8) is 0 Å². The first-order chi connectivity index (χ1) is 11.1. The third kappa shape index (κ3) is 3.95. The molecule has 2 aliphatic rings. The number of carbonyl (C=O) groups is 1. The molecule has 3 rings (SSSR count). The summed E-state index contributed by atoms with van der Waals surface area (Å²) in [5, 5.41) is 3.12. The number of rotatable bonds is 4. The number of hydrogen-bond donors (Lipinski definition) is 1. The summed E-state index contributed by atoms with van der Waals surface area (Å²) >= 11 is 0. The zero-order valence-corrected chi connectivity index (χ0v) is 14.6. The minimum absolute atomic E-state index is 0.153. The van der Waals surface area contributed by atoms with Gasteiger partial charge in [-0.1, -0.05) is 31.0 Å². The van der Waals surface area contributed by atoms with Gasteiger partial charge in [0.1, 0.15) is 0 Å². The zero-order valence-electron chi connectivity index (χ0n) is 14.6. The zero-order chi connectivity index (χ0) is 16.2. The van der Waals surface area contributed by atoms with E-state index in [0.29, 0.717) is 6.42 Å². The van der Waals surface area contributed by atoms with Crippen LogP contribution in [-0.2, 0) is 4.79 Å². The number of fused-ring (bicyclic) bond motifs is 1. The second-order valence-corrected chi connectivity index (χ2v) is 7.36. The minimum atomic E-state index is 0.153. The summed E-state index contributed by atoms with van der Waals surface area (Å²) in [4.78, 5) is 15.0. The van der Waals surface area contributed by atoms with Gasteiger partial charge in [0.05, 0.1) is 0 Å². The van der Waals surface area contributed by atoms with Gasteiger partial charge in [0.15, 0.2) is 0 Å². The quantitative estimate of drug-likeness (QED) is 0.899. The molecule has 1 aliphatic carbocycles. The van der Waals surface area contributed by atoms with E-state index in [2.05, 4.69) is 36.2 Å². The molecular formula is C20H30N2O. The molecule has 1 aliphatic heterocycles. The van der Waals surface area contributed by atoms with Crippen molar-refractivity contribution in [2.45, 2.75) is 64.8 Å². The number of carbonyl (C=O) groups excluding carboxylic acids is 1. The molecule has 2 fully saturated rings. The molecule has 3 heteroatoms. The van der Waals surface area contributed by atoms with E-state index < -0.39 is 0 Å². The van der Waals surface area contributed by atoms with E-state index in [1.807, 2.05) is 6.07 Å². The SMILES string of the molecule is Cc1cccc(C)c1NC(=O)CCN1CCC[C@H]2CCCC[C@H]21. The lowest BCUT2D eigenvalue weighted by Gasteiger charge is -2.44. The van der Waals surface area contributed by atoms with Gasteiger partial charge in [-0.25, -0.2) is 0 Å². The molecule has 23 heavy (non-hydrogen) atoms. The van der Waals surface area contributed by atoms with Gasteiger partial charge in [0.25, 0.3) is 0 Å². The Morgan fingerprint density at radius 1 is 1.13 bits per heavy atom. The Kier molecular flexibility index (Phi) is 5.37. The van der Waals surface area contributed by atoms with Crippen LogP contribution in [0.1, 0.15) is 56.1 Å². The lowest BCUT2D eigenvalue weighted by Crippen LogP contribution is -2.47. The number of benzene rings is 1. The molecule has 126 valence electrons. The summed E-state index contributed by atoms with van der Waals surface area (Å²) < 4.78 is 0. The van der Waals surface area contributed by atoms with Crippen LogP contribution in [-0.4, -0.2) is 29.9 Å². The highest BCUT2D eigenvalue weighted by atomic mass is 16.1. The first-order valence-electron chi connectivity index (χ1n) is 9.25. The van der Waals surface area contributed by atoms with Gasteiger partial charge in [0, 0.05) is 24.7 Å². The molecule has 1 saturated carbocycles. The van der Waals surface area contributed by atoms with Crippen molar-refractivity contribution in [1.82, 2.24) is 4.90 Å². The summed E-state index contributed by atoms with van der Waals surface area (Å²) in [5.41, 5.74) is 3.28. The van der Waals surface area contributed by atoms with Crippen molar-refractivity contribution in [3.8, 4) is 0 Å². The van der Waals surface area contributed by atoms with Gasteiger partial charge < -0.3 is 5.32 Å². The second kappa shape index (κ2) is 7.48. The average molecular weight is 314 g/mol. The Labute approximate surface area is 140 Å². The van der Waals surface area contributed by atoms with Crippen molar-refractivity contribution >= 4 is 11.6 Å². The maximum absolute atomic E-state index is 12.4. The largest absolute Gasteiger partial charge is 0.326 e. The summed E-state index contributed by atoms with van der Waals surface area (Å²) in [6.07, 6.45) is 8.82. The first-order valence-corrected chi connectivity index (χ1v) is 9.25. The number of likely N-dealkylation sites (tertiary alicyclic amines) is 1. The predicted octanol–water partition coefficient (Wildman–Crippen LogP) is 4.29. The Morgan fingerprint density at radius 2 is 1.83 bits per heavy atom. The van der Waals surface area contributed by atoms with Crippen molar-refractivity contribution in [3.05, 3.63) is 29.3 Å². The summed E-state index contributed by atoms with van der Waals surface area (Å²) in [6, 6.07) is 6.89. The van der Waals surface area contributed by atoms with E-state index in [9.17, 15) is 4.79 Å². The van der Waals surface area contributed by atoms with Gasteiger partial charge in [-0.05, 0) is 63.1 Å². The van der Waals surface area contributed by atoms with Crippen LogP contribution >= 0.6 is 0 Å². The number of para-hydroxylation sites is 1. The lowest BCUT2D eigenvalue weighted by atomic mass is 9.78. The molecule has 0 spiro atoms. The normalized spacial score (nSPS) is 25.0. The molecule has 0 radical (unpaired) electrons. The molecule has 1 heterocycles. The van der Waals surface area contributed by atoms with Gasteiger partial charge in [0.2, 0.25) is 5.91 Å². The first kappa shape index (κ1) is 16.5. The number of nitrogens with one attached hydrogen (secondary N) is 1. The number of nitrogens with zero attached hydrogens (tertiary/aromatic N) is 1. The van der Waals surface area contributed by atoms with Gasteiger partial charge in [-0.3, -0.25) is 9.69 Å². The number of anilines is 1. The standard InChI is InChI=1S/C20H30N2O/c1-15-7-5-8-16(2)20(15)21-19(23)12-14-22-13-6-10-17-9-3-4-11-18(17)22/h5,7-8,17-18H,3-4,6,9-14H2,1-2H3,(H,21,23)/t17-,18-/m1/s1. The van der Waals surface area contributed by atoms with Gasteiger partial charge >= 0.3 is 0 Å². The average Bonchev–Trinajstić information content (AvgIpc) is 2.56. The third-order valence-corrected chi connectivity index (χ3v) is 5.73. The molecule has 0 unspecified atom stereocenters. The summed E-state index contributed by atoms with van der Waals surface area (Å²) in [5.74, 6) is 1.04. The van der Waals surface area contributed by atoms with Crippen molar-refractivity contribution in [2.24, 2.45) is 5.92 Å². The van der Waals surface area contributed by atoms with Crippen LogP contribution < -0.4 is 5.32 Å². The van der Waals surface area contributed by atoms with Crippen LogP contribution in [0.4, 0.5) is 5.69 Å². The minimum Gasteiger partial charge on any atom is -0.326 e. The van der Waals surface area contributed by atoms with Gasteiger partial charge in [-0.15, -0.1) is 0 Å². The maximum Gasteiger partial charge on any atom is 0.225 e. The Bertz CT molecular complexity index is 532. The van der Waals surface area contributed by atoms with Crippen LogP contribution in [0.15, 0.2) is 18.2 Å². The topological polar surface area (TPSA) is 32.3 Å². The molecule has 2 atom stereocenters.